The van der Waals surface area contributed by atoms with Crippen LogP contribution in [0, 0.1) is 11.3 Å². The maximum atomic E-state index is 13.0. The number of hydrogen-bond acceptors (Lipinski definition) is 4. The van der Waals surface area contributed by atoms with E-state index in [-0.39, 0.29) is 22.9 Å². The van der Waals surface area contributed by atoms with Gasteiger partial charge in [-0.25, -0.2) is 0 Å². The van der Waals surface area contributed by atoms with Gasteiger partial charge in [0.2, 0.25) is 11.8 Å². The van der Waals surface area contributed by atoms with E-state index in [4.69, 9.17) is 0 Å². The van der Waals surface area contributed by atoms with Crippen LogP contribution in [0.1, 0.15) is 66.2 Å². The van der Waals surface area contributed by atoms with E-state index in [0.29, 0.717) is 44.8 Å². The van der Waals surface area contributed by atoms with Crippen LogP contribution in [0.15, 0.2) is 0 Å². The lowest BCUT2D eigenvalue weighted by Crippen LogP contribution is -2.62. The van der Waals surface area contributed by atoms with E-state index in [0.717, 1.165) is 19.3 Å². The highest BCUT2D eigenvalue weighted by Crippen LogP contribution is 2.39. The van der Waals surface area contributed by atoms with Gasteiger partial charge >= 0.3 is 0 Å². The number of likely N-dealkylation sites (tertiary alicyclic amines) is 1. The number of aliphatic hydroxyl groups is 1. The van der Waals surface area contributed by atoms with E-state index in [9.17, 15) is 14.7 Å². The second-order valence-corrected chi connectivity index (χ2v) is 10.0. The lowest BCUT2D eigenvalue weighted by molar-refractivity contribution is -0.155. The minimum atomic E-state index is -0.807. The Kier molecular flexibility index (Phi) is 5.12. The average Bonchev–Trinajstić information content (AvgIpc) is 2.49. The minimum Gasteiger partial charge on any atom is -0.392 e. The zero-order chi connectivity index (χ0) is 19.2. The molecule has 0 aromatic carbocycles. The van der Waals surface area contributed by atoms with Gasteiger partial charge in [0.05, 0.1) is 11.5 Å². The number of aliphatic hydroxyl groups excluding tert-OH is 1. The molecule has 0 aromatic heterocycles. The van der Waals surface area contributed by atoms with Gasteiger partial charge in [0, 0.05) is 37.1 Å². The maximum absolute atomic E-state index is 13.0. The van der Waals surface area contributed by atoms with Gasteiger partial charge < -0.3 is 20.6 Å². The molecule has 0 saturated carbocycles. The Hall–Kier alpha value is -1.14. The quantitative estimate of drug-likeness (QED) is 0.691. The zero-order valence-electron chi connectivity index (χ0n) is 16.7. The first-order chi connectivity index (χ1) is 12.0. The lowest BCUT2D eigenvalue weighted by atomic mass is 9.71. The summed E-state index contributed by atoms with van der Waals surface area (Å²) in [6.07, 6.45) is 3.85. The van der Waals surface area contributed by atoms with Gasteiger partial charge in [-0.1, -0.05) is 0 Å². The Balaban J connectivity index is 1.67. The monoisotopic (exact) mass is 365 g/mol. The van der Waals surface area contributed by atoms with Crippen molar-refractivity contribution in [3.63, 3.8) is 0 Å². The van der Waals surface area contributed by atoms with Crippen LogP contribution in [0.4, 0.5) is 0 Å². The normalized spacial score (nSPS) is 34.6. The SMILES string of the molecule is CC1(C)CC(CC(=O)N2CC[C@H](O)[C@@]3(CCCNC3=O)C2)CC(C)(C)N1. The van der Waals surface area contributed by atoms with Gasteiger partial charge in [0.1, 0.15) is 0 Å². The molecular weight excluding hydrogens is 330 g/mol. The first-order valence-electron chi connectivity index (χ1n) is 10.1. The summed E-state index contributed by atoms with van der Waals surface area (Å²) in [5.74, 6) is 0.391. The van der Waals surface area contributed by atoms with E-state index >= 15 is 0 Å². The van der Waals surface area contributed by atoms with Gasteiger partial charge in [-0.05, 0) is 65.7 Å². The summed E-state index contributed by atoms with van der Waals surface area (Å²) in [6.45, 7) is 10.4. The average molecular weight is 366 g/mol. The van der Waals surface area contributed by atoms with Crippen LogP contribution in [0.5, 0.6) is 0 Å². The fourth-order valence-corrected chi connectivity index (χ4v) is 5.71. The summed E-state index contributed by atoms with van der Waals surface area (Å²) < 4.78 is 0. The van der Waals surface area contributed by atoms with Crippen molar-refractivity contribution in [2.75, 3.05) is 19.6 Å². The lowest BCUT2D eigenvalue weighted by Gasteiger charge is -2.48. The molecule has 0 aliphatic carbocycles. The van der Waals surface area contributed by atoms with E-state index < -0.39 is 11.5 Å². The highest BCUT2D eigenvalue weighted by atomic mass is 16.3. The van der Waals surface area contributed by atoms with Crippen LogP contribution >= 0.6 is 0 Å². The van der Waals surface area contributed by atoms with Gasteiger partial charge in [-0.3, -0.25) is 9.59 Å². The van der Waals surface area contributed by atoms with Gasteiger partial charge in [0.25, 0.3) is 0 Å². The van der Waals surface area contributed by atoms with Crippen molar-refractivity contribution in [2.45, 2.75) is 83.4 Å². The van der Waals surface area contributed by atoms with E-state index in [1.54, 1.807) is 0 Å². The first-order valence-corrected chi connectivity index (χ1v) is 10.1. The predicted octanol–water partition coefficient (Wildman–Crippen LogP) is 1.42. The number of amides is 2. The molecule has 3 heterocycles. The molecule has 2 amide bonds. The molecule has 3 fully saturated rings. The zero-order valence-corrected chi connectivity index (χ0v) is 16.7. The Bertz CT molecular complexity index is 559. The van der Waals surface area contributed by atoms with Crippen molar-refractivity contribution in [3.05, 3.63) is 0 Å². The molecule has 3 aliphatic rings. The van der Waals surface area contributed by atoms with Crippen LogP contribution < -0.4 is 10.6 Å². The number of carbonyl (C=O) groups is 2. The summed E-state index contributed by atoms with van der Waals surface area (Å²) in [5.41, 5.74) is -0.761. The van der Waals surface area contributed by atoms with Gasteiger partial charge in [0.15, 0.2) is 0 Å². The number of piperidine rings is 3. The molecule has 3 N–H and O–H groups in total. The summed E-state index contributed by atoms with van der Waals surface area (Å²) in [5, 5.41) is 17.1. The van der Waals surface area contributed by atoms with Crippen molar-refractivity contribution in [3.8, 4) is 0 Å². The molecule has 0 aromatic rings. The van der Waals surface area contributed by atoms with E-state index in [2.05, 4.69) is 38.3 Å². The third-order valence-corrected chi connectivity index (χ3v) is 6.41. The Labute approximate surface area is 157 Å². The third kappa shape index (κ3) is 3.91. The standard InChI is InChI=1S/C20H35N3O3/c1-18(2)11-14(12-19(3,4)22-18)10-16(25)23-9-6-15(24)20(13-23)7-5-8-21-17(20)26/h14-15,22,24H,5-13H2,1-4H3,(H,21,26)/t15-,20+/m0/s1. The molecule has 6 heteroatoms. The Morgan fingerprint density at radius 1 is 1.23 bits per heavy atom. The molecular formula is C20H35N3O3. The number of nitrogens with one attached hydrogen (secondary N) is 2. The highest BCUT2D eigenvalue weighted by Gasteiger charge is 2.51. The molecule has 2 atom stereocenters. The summed E-state index contributed by atoms with van der Waals surface area (Å²) in [4.78, 5) is 27.3. The van der Waals surface area contributed by atoms with Crippen LogP contribution in [-0.2, 0) is 9.59 Å². The minimum absolute atomic E-state index is 0.0231. The fourth-order valence-electron chi connectivity index (χ4n) is 5.71. The third-order valence-electron chi connectivity index (χ3n) is 6.41. The number of nitrogens with zero attached hydrogens (tertiary/aromatic N) is 1. The summed E-state index contributed by atoms with van der Waals surface area (Å²) >= 11 is 0. The van der Waals surface area contributed by atoms with Crippen molar-refractivity contribution < 1.29 is 14.7 Å². The van der Waals surface area contributed by atoms with Crippen molar-refractivity contribution in [2.24, 2.45) is 11.3 Å². The Morgan fingerprint density at radius 3 is 2.50 bits per heavy atom. The van der Waals surface area contributed by atoms with Crippen LogP contribution in [0.2, 0.25) is 0 Å². The van der Waals surface area contributed by atoms with Crippen LogP contribution in [0.25, 0.3) is 0 Å². The predicted molar refractivity (Wildman–Crippen MR) is 101 cm³/mol. The Morgan fingerprint density at radius 2 is 1.88 bits per heavy atom. The molecule has 0 radical (unpaired) electrons. The second kappa shape index (κ2) is 6.79. The van der Waals surface area contributed by atoms with Crippen molar-refractivity contribution in [1.29, 1.82) is 0 Å². The van der Waals surface area contributed by atoms with Crippen LogP contribution in [0.3, 0.4) is 0 Å². The van der Waals surface area contributed by atoms with Crippen molar-refractivity contribution in [1.82, 2.24) is 15.5 Å². The number of rotatable bonds is 2. The van der Waals surface area contributed by atoms with E-state index in [1.165, 1.54) is 0 Å². The summed E-state index contributed by atoms with van der Waals surface area (Å²) in [6, 6.07) is 0. The highest BCUT2D eigenvalue weighted by molar-refractivity contribution is 5.86. The molecule has 148 valence electrons. The second-order valence-electron chi connectivity index (χ2n) is 10.0. The molecule has 3 aliphatic heterocycles. The topological polar surface area (TPSA) is 81.7 Å². The fraction of sp³-hybridized carbons (Fsp3) is 0.900. The maximum Gasteiger partial charge on any atom is 0.230 e. The molecule has 26 heavy (non-hydrogen) atoms. The van der Waals surface area contributed by atoms with Gasteiger partial charge in [-0.2, -0.15) is 0 Å². The number of carbonyl (C=O) groups excluding carboxylic acids is 2. The molecule has 0 bridgehead atoms. The molecule has 3 saturated heterocycles. The summed E-state index contributed by atoms with van der Waals surface area (Å²) in [7, 11) is 0. The molecule has 0 unspecified atom stereocenters. The smallest absolute Gasteiger partial charge is 0.230 e. The first kappa shape index (κ1) is 19.6. The molecule has 6 nitrogen and oxygen atoms in total. The van der Waals surface area contributed by atoms with Crippen LogP contribution in [-0.4, -0.2) is 58.6 Å². The molecule has 1 spiro atoms. The molecule has 3 rings (SSSR count). The van der Waals surface area contributed by atoms with E-state index in [1.807, 2.05) is 4.90 Å². The van der Waals surface area contributed by atoms with Crippen molar-refractivity contribution >= 4 is 11.8 Å². The van der Waals surface area contributed by atoms with Gasteiger partial charge in [-0.15, -0.1) is 0 Å². The number of hydrogen-bond donors (Lipinski definition) is 3. The largest absolute Gasteiger partial charge is 0.392 e.